The molecule has 2 nitrogen and oxygen atoms in total. The van der Waals surface area contributed by atoms with Crippen molar-refractivity contribution < 1.29 is 9.50 Å². The lowest BCUT2D eigenvalue weighted by Crippen LogP contribution is -2.01. The van der Waals surface area contributed by atoms with E-state index in [-0.39, 0.29) is 5.75 Å². The van der Waals surface area contributed by atoms with Crippen LogP contribution in [0, 0.1) is 5.82 Å². The van der Waals surface area contributed by atoms with Crippen molar-refractivity contribution in [2.24, 2.45) is 0 Å². The molecule has 0 aromatic heterocycles. The van der Waals surface area contributed by atoms with Gasteiger partial charge in [-0.25, -0.2) is 4.39 Å². The van der Waals surface area contributed by atoms with Gasteiger partial charge < -0.3 is 10.4 Å². The number of phenolic OH excluding ortho intramolecular Hbond substituents is 1. The zero-order valence-corrected chi connectivity index (χ0v) is 14.2. The smallest absolute Gasteiger partial charge is 0.174 e. The Labute approximate surface area is 149 Å². The van der Waals surface area contributed by atoms with Gasteiger partial charge >= 0.3 is 0 Å². The molecular weight excluding hydrogens is 345 g/mol. The average molecular weight is 360 g/mol. The van der Waals surface area contributed by atoms with Crippen LogP contribution in [0.1, 0.15) is 5.56 Å². The van der Waals surface area contributed by atoms with Gasteiger partial charge in [0.25, 0.3) is 0 Å². The molecule has 0 aliphatic carbocycles. The fourth-order valence-corrected chi connectivity index (χ4v) is 3.51. The molecule has 0 aliphatic heterocycles. The first-order valence-electron chi connectivity index (χ1n) is 7.36. The third-order valence-corrected chi connectivity index (χ3v) is 4.80. The molecular formula is C19H15ClFNOS. The highest BCUT2D eigenvalue weighted by Gasteiger charge is 2.08. The van der Waals surface area contributed by atoms with Gasteiger partial charge in [-0.05, 0) is 42.0 Å². The number of phenols is 1. The lowest BCUT2D eigenvalue weighted by atomic mass is 10.2. The van der Waals surface area contributed by atoms with E-state index in [2.05, 4.69) is 5.32 Å². The molecule has 3 rings (SSSR count). The molecule has 0 bridgehead atoms. The van der Waals surface area contributed by atoms with E-state index in [9.17, 15) is 9.50 Å². The summed E-state index contributed by atoms with van der Waals surface area (Å²) in [6, 6.07) is 20.0. The molecule has 0 fully saturated rings. The third-order valence-electron chi connectivity index (χ3n) is 3.45. The first-order chi connectivity index (χ1) is 11.6. The van der Waals surface area contributed by atoms with Gasteiger partial charge in [-0.15, -0.1) is 0 Å². The quantitative estimate of drug-likeness (QED) is 0.552. The summed E-state index contributed by atoms with van der Waals surface area (Å²) in [6.07, 6.45) is 0. The van der Waals surface area contributed by atoms with Crippen molar-refractivity contribution in [3.63, 3.8) is 0 Å². The van der Waals surface area contributed by atoms with Gasteiger partial charge in [0.15, 0.2) is 11.6 Å². The molecule has 0 saturated carbocycles. The first kappa shape index (κ1) is 16.7. The van der Waals surface area contributed by atoms with Gasteiger partial charge in [-0.3, -0.25) is 0 Å². The van der Waals surface area contributed by atoms with Crippen LogP contribution in [0.2, 0.25) is 5.02 Å². The molecule has 24 heavy (non-hydrogen) atoms. The van der Waals surface area contributed by atoms with Crippen molar-refractivity contribution in [3.05, 3.63) is 83.1 Å². The fourth-order valence-electron chi connectivity index (χ4n) is 2.26. The number of benzene rings is 3. The van der Waals surface area contributed by atoms with Gasteiger partial charge in [0.2, 0.25) is 0 Å². The van der Waals surface area contributed by atoms with Gasteiger partial charge in [-0.1, -0.05) is 53.7 Å². The number of para-hydroxylation sites is 1. The number of aromatic hydroxyl groups is 1. The average Bonchev–Trinajstić information content (AvgIpc) is 2.57. The van der Waals surface area contributed by atoms with Crippen LogP contribution < -0.4 is 5.32 Å². The Hall–Kier alpha value is -2.17. The molecule has 0 amide bonds. The van der Waals surface area contributed by atoms with Crippen LogP contribution in [0.25, 0.3) is 0 Å². The molecule has 0 atom stereocenters. The van der Waals surface area contributed by atoms with Gasteiger partial charge in [0, 0.05) is 21.4 Å². The summed E-state index contributed by atoms with van der Waals surface area (Å²) in [6.45, 7) is 0.473. The highest BCUT2D eigenvalue weighted by Crippen LogP contribution is 2.33. The number of anilines is 1. The van der Waals surface area contributed by atoms with E-state index in [1.165, 1.54) is 6.07 Å². The van der Waals surface area contributed by atoms with Crippen LogP contribution in [-0.2, 0) is 6.54 Å². The van der Waals surface area contributed by atoms with E-state index in [0.29, 0.717) is 17.3 Å². The summed E-state index contributed by atoms with van der Waals surface area (Å²) in [5, 5.41) is 13.5. The highest BCUT2D eigenvalue weighted by atomic mass is 35.5. The molecule has 0 radical (unpaired) electrons. The summed E-state index contributed by atoms with van der Waals surface area (Å²) in [5.41, 5.74) is 1.42. The van der Waals surface area contributed by atoms with E-state index in [4.69, 9.17) is 11.6 Å². The molecule has 5 heteroatoms. The number of hydrogen-bond acceptors (Lipinski definition) is 3. The number of rotatable bonds is 5. The second kappa shape index (κ2) is 7.60. The Morgan fingerprint density at radius 1 is 1.00 bits per heavy atom. The van der Waals surface area contributed by atoms with Crippen LogP contribution in [0.4, 0.5) is 10.1 Å². The maximum atomic E-state index is 13.4. The predicted octanol–water partition coefficient (Wildman–Crippen LogP) is 5.95. The molecule has 2 N–H and O–H groups in total. The van der Waals surface area contributed by atoms with Crippen LogP contribution in [0.3, 0.4) is 0 Å². The molecule has 0 saturated heterocycles. The summed E-state index contributed by atoms with van der Waals surface area (Å²) in [4.78, 5) is 2.12. The van der Waals surface area contributed by atoms with Crippen LogP contribution in [0.15, 0.2) is 76.5 Å². The van der Waals surface area contributed by atoms with Crippen LogP contribution in [-0.4, -0.2) is 5.11 Å². The van der Waals surface area contributed by atoms with Crippen LogP contribution in [0.5, 0.6) is 5.75 Å². The van der Waals surface area contributed by atoms with E-state index in [1.54, 1.807) is 23.9 Å². The number of halogens is 2. The second-order valence-corrected chi connectivity index (χ2v) is 6.71. The normalized spacial score (nSPS) is 10.6. The summed E-state index contributed by atoms with van der Waals surface area (Å²) < 4.78 is 13.4. The summed E-state index contributed by atoms with van der Waals surface area (Å²) >= 11 is 7.65. The summed E-state index contributed by atoms with van der Waals surface area (Å²) in [7, 11) is 0. The second-order valence-electron chi connectivity index (χ2n) is 5.16. The van der Waals surface area contributed by atoms with Crippen molar-refractivity contribution in [2.45, 2.75) is 16.3 Å². The van der Waals surface area contributed by atoms with Gasteiger partial charge in [0.05, 0.1) is 5.69 Å². The van der Waals surface area contributed by atoms with Crippen molar-refractivity contribution >= 4 is 29.1 Å². The monoisotopic (exact) mass is 359 g/mol. The first-order valence-corrected chi connectivity index (χ1v) is 8.55. The van der Waals surface area contributed by atoms with E-state index in [1.807, 2.05) is 48.5 Å². The van der Waals surface area contributed by atoms with Crippen molar-refractivity contribution in [1.82, 2.24) is 0 Å². The molecule has 3 aromatic carbocycles. The lowest BCUT2D eigenvalue weighted by Gasteiger charge is -2.12. The Morgan fingerprint density at radius 2 is 1.79 bits per heavy atom. The SMILES string of the molecule is Oc1c(F)cccc1NCc1ccccc1Sc1cccc(Cl)c1. The molecule has 3 aromatic rings. The van der Waals surface area contributed by atoms with E-state index < -0.39 is 5.82 Å². The zero-order chi connectivity index (χ0) is 16.9. The lowest BCUT2D eigenvalue weighted by molar-refractivity contribution is 0.434. The Morgan fingerprint density at radius 3 is 2.62 bits per heavy atom. The maximum Gasteiger partial charge on any atom is 0.174 e. The number of hydrogen-bond donors (Lipinski definition) is 2. The van der Waals surface area contributed by atoms with Crippen molar-refractivity contribution in [2.75, 3.05) is 5.32 Å². The minimum absolute atomic E-state index is 0.363. The summed E-state index contributed by atoms with van der Waals surface area (Å²) in [5.74, 6) is -1.00. The minimum atomic E-state index is -0.637. The minimum Gasteiger partial charge on any atom is -0.503 e. The van der Waals surface area contributed by atoms with E-state index >= 15 is 0 Å². The molecule has 0 heterocycles. The predicted molar refractivity (Wildman–Crippen MR) is 97.4 cm³/mol. The Balaban J connectivity index is 1.78. The molecule has 0 spiro atoms. The van der Waals surface area contributed by atoms with Crippen molar-refractivity contribution in [1.29, 1.82) is 0 Å². The van der Waals surface area contributed by atoms with Crippen molar-refractivity contribution in [3.8, 4) is 5.75 Å². The van der Waals surface area contributed by atoms with Gasteiger partial charge in [0.1, 0.15) is 0 Å². The molecule has 122 valence electrons. The molecule has 0 aliphatic rings. The standard InChI is InChI=1S/C19H15ClFNOS/c20-14-6-3-7-15(11-14)24-18-10-2-1-5-13(18)12-22-17-9-4-8-16(21)19(17)23/h1-11,22-23H,12H2. The molecule has 0 unspecified atom stereocenters. The van der Waals surface area contributed by atoms with Crippen LogP contribution >= 0.6 is 23.4 Å². The number of nitrogens with one attached hydrogen (secondary N) is 1. The zero-order valence-electron chi connectivity index (χ0n) is 12.7. The Bertz CT molecular complexity index is 856. The topological polar surface area (TPSA) is 32.3 Å². The van der Waals surface area contributed by atoms with Gasteiger partial charge in [-0.2, -0.15) is 0 Å². The third kappa shape index (κ3) is 4.02. The maximum absolute atomic E-state index is 13.4. The fraction of sp³-hybridized carbons (Fsp3) is 0.0526. The Kier molecular flexibility index (Phi) is 5.28. The van der Waals surface area contributed by atoms with E-state index in [0.717, 1.165) is 15.4 Å². The highest BCUT2D eigenvalue weighted by molar-refractivity contribution is 7.99. The largest absolute Gasteiger partial charge is 0.503 e.